The quantitative estimate of drug-likeness (QED) is 0.625. The Morgan fingerprint density at radius 3 is 2.50 bits per heavy atom. The summed E-state index contributed by atoms with van der Waals surface area (Å²) in [6.07, 6.45) is 1.81. The van der Waals surface area contributed by atoms with E-state index in [9.17, 15) is 9.59 Å². The van der Waals surface area contributed by atoms with E-state index in [1.165, 1.54) is 6.92 Å². The summed E-state index contributed by atoms with van der Waals surface area (Å²) in [5.41, 5.74) is 2.32. The molecular weight excluding hydrogens is 399 g/mol. The van der Waals surface area contributed by atoms with Gasteiger partial charge in [-0.25, -0.2) is 4.68 Å². The van der Waals surface area contributed by atoms with Gasteiger partial charge in [0.25, 0.3) is 0 Å². The first-order chi connectivity index (χ1) is 13.4. The van der Waals surface area contributed by atoms with Gasteiger partial charge in [-0.1, -0.05) is 47.5 Å². The molecule has 144 valence electrons. The summed E-state index contributed by atoms with van der Waals surface area (Å²) in [6, 6.07) is 14.2. The standard InChI is InChI=1S/C20H18Cl2N4O2/c1-13(27)24-16-7-5-14(6-8-16)11-19(28)25-18-9-10-23-26(18)12-15-3-2-4-17(21)20(15)22/h2-10H,11-12H2,1H3,(H,24,27)(H,25,28). The molecule has 0 aliphatic heterocycles. The summed E-state index contributed by atoms with van der Waals surface area (Å²) in [7, 11) is 0. The maximum Gasteiger partial charge on any atom is 0.229 e. The molecule has 2 amide bonds. The van der Waals surface area contributed by atoms with Gasteiger partial charge >= 0.3 is 0 Å². The summed E-state index contributed by atoms with van der Waals surface area (Å²) in [5.74, 6) is 0.251. The maximum atomic E-state index is 12.4. The molecule has 0 aliphatic rings. The van der Waals surface area contributed by atoms with Crippen molar-refractivity contribution in [2.24, 2.45) is 0 Å². The molecule has 2 aromatic carbocycles. The average Bonchev–Trinajstić information content (AvgIpc) is 3.07. The van der Waals surface area contributed by atoms with Crippen molar-refractivity contribution in [2.75, 3.05) is 10.6 Å². The number of anilines is 2. The highest BCUT2D eigenvalue weighted by Gasteiger charge is 2.11. The highest BCUT2D eigenvalue weighted by Crippen LogP contribution is 2.26. The number of benzene rings is 2. The third kappa shape index (κ3) is 5.12. The van der Waals surface area contributed by atoms with Gasteiger partial charge in [-0.2, -0.15) is 5.10 Å². The summed E-state index contributed by atoms with van der Waals surface area (Å²) in [4.78, 5) is 23.5. The van der Waals surface area contributed by atoms with E-state index in [1.807, 2.05) is 12.1 Å². The molecule has 0 bridgehead atoms. The second kappa shape index (κ2) is 8.91. The molecule has 0 spiro atoms. The van der Waals surface area contributed by atoms with Gasteiger partial charge in [-0.3, -0.25) is 9.59 Å². The van der Waals surface area contributed by atoms with E-state index < -0.39 is 0 Å². The van der Waals surface area contributed by atoms with E-state index in [0.29, 0.717) is 28.1 Å². The number of hydrogen-bond donors (Lipinski definition) is 2. The van der Waals surface area contributed by atoms with Gasteiger partial charge in [0.05, 0.1) is 29.2 Å². The number of aromatic nitrogens is 2. The van der Waals surface area contributed by atoms with Crippen molar-refractivity contribution in [3.8, 4) is 0 Å². The van der Waals surface area contributed by atoms with E-state index >= 15 is 0 Å². The summed E-state index contributed by atoms with van der Waals surface area (Å²) in [6.45, 7) is 1.83. The number of carbonyl (C=O) groups excluding carboxylic acids is 2. The highest BCUT2D eigenvalue weighted by molar-refractivity contribution is 6.42. The van der Waals surface area contributed by atoms with Gasteiger partial charge in [0.1, 0.15) is 5.82 Å². The summed E-state index contributed by atoms with van der Waals surface area (Å²) in [5, 5.41) is 10.7. The Morgan fingerprint density at radius 2 is 1.79 bits per heavy atom. The molecule has 0 saturated carbocycles. The highest BCUT2D eigenvalue weighted by atomic mass is 35.5. The zero-order valence-corrected chi connectivity index (χ0v) is 16.6. The lowest BCUT2D eigenvalue weighted by Crippen LogP contribution is -2.18. The van der Waals surface area contributed by atoms with E-state index in [1.54, 1.807) is 47.3 Å². The van der Waals surface area contributed by atoms with Crippen LogP contribution in [0.15, 0.2) is 54.7 Å². The molecule has 1 aromatic heterocycles. The van der Waals surface area contributed by atoms with Crippen LogP contribution in [0.4, 0.5) is 11.5 Å². The normalized spacial score (nSPS) is 10.5. The average molecular weight is 417 g/mol. The van der Waals surface area contributed by atoms with Crippen molar-refractivity contribution in [1.82, 2.24) is 9.78 Å². The van der Waals surface area contributed by atoms with Crippen LogP contribution in [0.5, 0.6) is 0 Å². The van der Waals surface area contributed by atoms with E-state index in [0.717, 1.165) is 11.1 Å². The molecule has 8 heteroatoms. The number of hydrogen-bond acceptors (Lipinski definition) is 3. The van der Waals surface area contributed by atoms with Crippen LogP contribution < -0.4 is 10.6 Å². The van der Waals surface area contributed by atoms with Crippen molar-refractivity contribution in [3.63, 3.8) is 0 Å². The maximum absolute atomic E-state index is 12.4. The number of halogens is 2. The van der Waals surface area contributed by atoms with Crippen LogP contribution in [0.1, 0.15) is 18.1 Å². The van der Waals surface area contributed by atoms with Gasteiger partial charge in [-0.05, 0) is 29.3 Å². The smallest absolute Gasteiger partial charge is 0.229 e. The van der Waals surface area contributed by atoms with Gasteiger partial charge < -0.3 is 10.6 Å². The molecule has 0 fully saturated rings. The van der Waals surface area contributed by atoms with E-state index in [4.69, 9.17) is 23.2 Å². The van der Waals surface area contributed by atoms with Crippen molar-refractivity contribution < 1.29 is 9.59 Å². The fourth-order valence-corrected chi connectivity index (χ4v) is 3.06. The topological polar surface area (TPSA) is 76.0 Å². The summed E-state index contributed by atoms with van der Waals surface area (Å²) >= 11 is 12.3. The van der Waals surface area contributed by atoms with Crippen LogP contribution in [0, 0.1) is 0 Å². The second-order valence-corrected chi connectivity index (χ2v) is 6.98. The van der Waals surface area contributed by atoms with Crippen LogP contribution in [0.25, 0.3) is 0 Å². The Kier molecular flexibility index (Phi) is 6.34. The SMILES string of the molecule is CC(=O)Nc1ccc(CC(=O)Nc2ccnn2Cc2cccc(Cl)c2Cl)cc1. The molecule has 6 nitrogen and oxygen atoms in total. The van der Waals surface area contributed by atoms with Gasteiger partial charge in [-0.15, -0.1) is 0 Å². The summed E-state index contributed by atoms with van der Waals surface area (Å²) < 4.78 is 1.65. The Labute approximate surface area is 172 Å². The van der Waals surface area contributed by atoms with Crippen LogP contribution in [-0.4, -0.2) is 21.6 Å². The van der Waals surface area contributed by atoms with Gasteiger partial charge in [0.15, 0.2) is 0 Å². The number of nitrogens with zero attached hydrogens (tertiary/aromatic N) is 2. The Bertz CT molecular complexity index is 1000. The molecule has 2 N–H and O–H groups in total. The minimum Gasteiger partial charge on any atom is -0.326 e. The van der Waals surface area contributed by atoms with E-state index in [2.05, 4.69) is 15.7 Å². The van der Waals surface area contributed by atoms with Crippen LogP contribution in [0.2, 0.25) is 10.0 Å². The monoisotopic (exact) mass is 416 g/mol. The first-order valence-corrected chi connectivity index (χ1v) is 9.29. The number of carbonyl (C=O) groups is 2. The lowest BCUT2D eigenvalue weighted by atomic mass is 10.1. The minimum atomic E-state index is -0.175. The predicted octanol–water partition coefficient (Wildman–Crippen LogP) is 4.38. The molecule has 0 unspecified atom stereocenters. The fourth-order valence-electron chi connectivity index (χ4n) is 2.68. The molecule has 0 saturated heterocycles. The Hall–Kier alpha value is -2.83. The Morgan fingerprint density at radius 1 is 1.04 bits per heavy atom. The molecule has 28 heavy (non-hydrogen) atoms. The fraction of sp³-hybridized carbons (Fsp3) is 0.150. The predicted molar refractivity (Wildman–Crippen MR) is 111 cm³/mol. The van der Waals surface area contributed by atoms with Crippen molar-refractivity contribution in [2.45, 2.75) is 19.9 Å². The number of amides is 2. The third-order valence-corrected chi connectivity index (χ3v) is 4.83. The molecule has 0 atom stereocenters. The second-order valence-electron chi connectivity index (χ2n) is 6.19. The number of rotatable bonds is 6. The first kappa shape index (κ1) is 19.9. The number of nitrogens with one attached hydrogen (secondary N) is 2. The van der Waals surface area contributed by atoms with E-state index in [-0.39, 0.29) is 18.2 Å². The van der Waals surface area contributed by atoms with Crippen molar-refractivity contribution >= 4 is 46.5 Å². The largest absolute Gasteiger partial charge is 0.326 e. The molecule has 3 rings (SSSR count). The van der Waals surface area contributed by atoms with Gasteiger partial charge in [0.2, 0.25) is 11.8 Å². The molecule has 3 aromatic rings. The van der Waals surface area contributed by atoms with Crippen molar-refractivity contribution in [3.05, 3.63) is 75.9 Å². The zero-order chi connectivity index (χ0) is 20.1. The van der Waals surface area contributed by atoms with Crippen LogP contribution in [0.3, 0.4) is 0 Å². The zero-order valence-electron chi connectivity index (χ0n) is 15.1. The van der Waals surface area contributed by atoms with Gasteiger partial charge in [0, 0.05) is 18.7 Å². The third-order valence-electron chi connectivity index (χ3n) is 3.97. The molecule has 0 radical (unpaired) electrons. The first-order valence-electron chi connectivity index (χ1n) is 8.53. The Balaban J connectivity index is 1.64. The molecular formula is C20H18Cl2N4O2. The lowest BCUT2D eigenvalue weighted by molar-refractivity contribution is -0.116. The molecule has 1 heterocycles. The lowest BCUT2D eigenvalue weighted by Gasteiger charge is -2.11. The van der Waals surface area contributed by atoms with Crippen LogP contribution in [-0.2, 0) is 22.6 Å². The minimum absolute atomic E-state index is 0.140. The van der Waals surface area contributed by atoms with Crippen molar-refractivity contribution in [1.29, 1.82) is 0 Å². The molecule has 0 aliphatic carbocycles. The van der Waals surface area contributed by atoms with Crippen LogP contribution >= 0.6 is 23.2 Å².